The van der Waals surface area contributed by atoms with Crippen LogP contribution in [0.25, 0.3) is 0 Å². The van der Waals surface area contributed by atoms with Crippen molar-refractivity contribution in [2.75, 3.05) is 6.54 Å². The van der Waals surface area contributed by atoms with Crippen molar-refractivity contribution in [1.29, 1.82) is 0 Å². The molecule has 2 aliphatic rings. The zero-order chi connectivity index (χ0) is 22.9. The molecule has 168 valence electrons. The summed E-state index contributed by atoms with van der Waals surface area (Å²) < 4.78 is 39.0. The Morgan fingerprint density at radius 2 is 1.84 bits per heavy atom. The zero-order valence-corrected chi connectivity index (χ0v) is 18.5. The van der Waals surface area contributed by atoms with E-state index in [4.69, 9.17) is 9.47 Å². The molecule has 0 aromatic heterocycles. The molecule has 2 aromatic rings. The van der Waals surface area contributed by atoms with Gasteiger partial charge in [-0.2, -0.15) is 0 Å². The number of hydrogen-bond donors (Lipinski definition) is 0. The quantitative estimate of drug-likeness (QED) is 0.511. The van der Waals surface area contributed by atoms with E-state index in [9.17, 15) is 13.6 Å². The summed E-state index contributed by atoms with van der Waals surface area (Å²) in [5.74, 6) is 0.0807. The van der Waals surface area contributed by atoms with E-state index < -0.39 is 17.4 Å². The van der Waals surface area contributed by atoms with E-state index in [1.807, 2.05) is 23.3 Å². The number of benzene rings is 2. The van der Waals surface area contributed by atoms with Gasteiger partial charge in [-0.05, 0) is 99.2 Å². The van der Waals surface area contributed by atoms with Gasteiger partial charge in [0.05, 0.1) is 5.56 Å². The molecule has 0 atom stereocenters. The van der Waals surface area contributed by atoms with Gasteiger partial charge >= 0.3 is 5.97 Å². The number of ether oxygens (including phenoxy) is 2. The second kappa shape index (κ2) is 8.77. The fourth-order valence-corrected chi connectivity index (χ4v) is 3.60. The summed E-state index contributed by atoms with van der Waals surface area (Å²) in [5.41, 5.74) is 1.20. The molecule has 0 amide bonds. The summed E-state index contributed by atoms with van der Waals surface area (Å²) in [5, 5.41) is 0. The molecule has 1 heterocycles. The first-order valence-corrected chi connectivity index (χ1v) is 10.8. The molecular formula is C26H27F2NO3. The predicted octanol–water partition coefficient (Wildman–Crippen LogP) is 6.09. The molecule has 1 fully saturated rings. The largest absolute Gasteiger partial charge is 0.458 e. The summed E-state index contributed by atoms with van der Waals surface area (Å²) in [7, 11) is 0. The van der Waals surface area contributed by atoms with Gasteiger partial charge in [0, 0.05) is 19.3 Å². The fourth-order valence-electron chi connectivity index (χ4n) is 3.60. The van der Waals surface area contributed by atoms with Crippen LogP contribution in [0.15, 0.2) is 60.5 Å². The molecule has 2 aromatic carbocycles. The maximum atomic E-state index is 14.8. The second-order valence-corrected chi connectivity index (χ2v) is 9.21. The van der Waals surface area contributed by atoms with Crippen molar-refractivity contribution in [3.05, 3.63) is 88.8 Å². The Labute approximate surface area is 187 Å². The van der Waals surface area contributed by atoms with Crippen molar-refractivity contribution in [2.24, 2.45) is 0 Å². The Kier molecular flexibility index (Phi) is 6.04. The second-order valence-electron chi connectivity index (χ2n) is 9.21. The molecule has 1 saturated carbocycles. The lowest BCUT2D eigenvalue weighted by molar-refractivity contribution is 0.00645. The number of nitrogens with zero attached hydrogens (tertiary/aromatic N) is 1. The van der Waals surface area contributed by atoms with E-state index in [0.29, 0.717) is 30.5 Å². The lowest BCUT2D eigenvalue weighted by Crippen LogP contribution is -2.25. The van der Waals surface area contributed by atoms with Crippen LogP contribution in [-0.2, 0) is 11.3 Å². The summed E-state index contributed by atoms with van der Waals surface area (Å²) in [6, 6.07) is 8.99. The SMILES string of the molecule is CC(C)(C)OC(=O)c1cc(C2CC2)c(CN2C=CC(Oc3ccc(F)cc3)=CC2)cc1F. The van der Waals surface area contributed by atoms with Crippen molar-refractivity contribution in [3.8, 4) is 5.75 Å². The van der Waals surface area contributed by atoms with Crippen LogP contribution in [0.3, 0.4) is 0 Å². The minimum Gasteiger partial charge on any atom is -0.458 e. The van der Waals surface area contributed by atoms with Crippen LogP contribution in [0.2, 0.25) is 0 Å². The van der Waals surface area contributed by atoms with E-state index in [0.717, 1.165) is 24.0 Å². The molecule has 4 rings (SSSR count). The van der Waals surface area contributed by atoms with E-state index in [1.165, 1.54) is 18.2 Å². The zero-order valence-electron chi connectivity index (χ0n) is 18.5. The lowest BCUT2D eigenvalue weighted by atomic mass is 9.98. The molecule has 4 nitrogen and oxygen atoms in total. The molecule has 1 aliphatic heterocycles. The first kappa shape index (κ1) is 22.1. The van der Waals surface area contributed by atoms with Gasteiger partial charge in [0.1, 0.15) is 28.7 Å². The van der Waals surface area contributed by atoms with Gasteiger partial charge in [-0.1, -0.05) is 0 Å². The average Bonchev–Trinajstić information content (AvgIpc) is 3.55. The molecule has 1 aliphatic carbocycles. The maximum absolute atomic E-state index is 14.8. The maximum Gasteiger partial charge on any atom is 0.341 e. The van der Waals surface area contributed by atoms with Crippen LogP contribution in [0.4, 0.5) is 8.78 Å². The third-order valence-electron chi connectivity index (χ3n) is 5.26. The number of hydrogen-bond acceptors (Lipinski definition) is 4. The lowest BCUT2D eigenvalue weighted by Gasteiger charge is -2.25. The Morgan fingerprint density at radius 1 is 1.12 bits per heavy atom. The highest BCUT2D eigenvalue weighted by atomic mass is 19.1. The van der Waals surface area contributed by atoms with Crippen molar-refractivity contribution >= 4 is 5.97 Å². The Balaban J connectivity index is 1.46. The summed E-state index contributed by atoms with van der Waals surface area (Å²) in [6.45, 7) is 6.41. The number of carbonyl (C=O) groups is 1. The monoisotopic (exact) mass is 439 g/mol. The average molecular weight is 440 g/mol. The number of carbonyl (C=O) groups excluding carboxylic acids is 1. The molecule has 6 heteroatoms. The fraction of sp³-hybridized carbons (Fsp3) is 0.346. The van der Waals surface area contributed by atoms with Crippen molar-refractivity contribution in [1.82, 2.24) is 4.90 Å². The van der Waals surface area contributed by atoms with Gasteiger partial charge in [0.2, 0.25) is 0 Å². The first-order chi connectivity index (χ1) is 15.2. The highest BCUT2D eigenvalue weighted by Crippen LogP contribution is 2.43. The van der Waals surface area contributed by atoms with E-state index in [-0.39, 0.29) is 11.4 Å². The molecule has 0 N–H and O–H groups in total. The molecule has 0 spiro atoms. The number of halogens is 2. The number of rotatable bonds is 6. The van der Waals surface area contributed by atoms with Crippen LogP contribution < -0.4 is 4.74 Å². The van der Waals surface area contributed by atoms with Gasteiger partial charge in [-0.3, -0.25) is 0 Å². The number of esters is 1. The highest BCUT2D eigenvalue weighted by molar-refractivity contribution is 5.90. The molecule has 0 unspecified atom stereocenters. The van der Waals surface area contributed by atoms with E-state index in [2.05, 4.69) is 0 Å². The topological polar surface area (TPSA) is 38.8 Å². The standard InChI is InChI=1S/C26H27F2NO3/c1-26(2,3)32-25(30)23-15-22(17-4-5-17)18(14-24(23)28)16-29-12-10-21(11-13-29)31-20-8-6-19(27)7-9-20/h6-12,14-15,17H,4-5,13,16H2,1-3H3. The molecule has 0 saturated heterocycles. The van der Waals surface area contributed by atoms with Gasteiger partial charge in [-0.15, -0.1) is 0 Å². The number of allylic oxidation sites excluding steroid dienone is 1. The van der Waals surface area contributed by atoms with Crippen LogP contribution in [0.1, 0.15) is 61.0 Å². The van der Waals surface area contributed by atoms with E-state index in [1.54, 1.807) is 39.0 Å². The molecule has 0 radical (unpaired) electrons. The van der Waals surface area contributed by atoms with Crippen LogP contribution >= 0.6 is 0 Å². The summed E-state index contributed by atoms with van der Waals surface area (Å²) in [6.07, 6.45) is 7.73. The third-order valence-corrected chi connectivity index (χ3v) is 5.26. The molecule has 32 heavy (non-hydrogen) atoms. The normalized spacial score (nSPS) is 16.0. The Hall–Kier alpha value is -3.15. The first-order valence-electron chi connectivity index (χ1n) is 10.8. The van der Waals surface area contributed by atoms with Gasteiger partial charge in [0.15, 0.2) is 0 Å². The minimum atomic E-state index is -0.680. The highest BCUT2D eigenvalue weighted by Gasteiger charge is 2.30. The van der Waals surface area contributed by atoms with Crippen LogP contribution in [0.5, 0.6) is 5.75 Å². The Morgan fingerprint density at radius 3 is 2.44 bits per heavy atom. The van der Waals surface area contributed by atoms with Crippen LogP contribution in [0, 0.1) is 11.6 Å². The van der Waals surface area contributed by atoms with Crippen molar-refractivity contribution in [2.45, 2.75) is 51.7 Å². The smallest absolute Gasteiger partial charge is 0.341 e. The predicted molar refractivity (Wildman–Crippen MR) is 118 cm³/mol. The third kappa shape index (κ3) is 5.55. The Bertz CT molecular complexity index is 1060. The minimum absolute atomic E-state index is 0.00496. The summed E-state index contributed by atoms with van der Waals surface area (Å²) >= 11 is 0. The van der Waals surface area contributed by atoms with E-state index >= 15 is 0 Å². The van der Waals surface area contributed by atoms with Crippen LogP contribution in [-0.4, -0.2) is 23.0 Å². The van der Waals surface area contributed by atoms with Gasteiger partial charge in [0.25, 0.3) is 0 Å². The van der Waals surface area contributed by atoms with Gasteiger partial charge < -0.3 is 14.4 Å². The van der Waals surface area contributed by atoms with Gasteiger partial charge in [-0.25, -0.2) is 13.6 Å². The molecular weight excluding hydrogens is 412 g/mol. The van der Waals surface area contributed by atoms with Crippen molar-refractivity contribution in [3.63, 3.8) is 0 Å². The molecule has 0 bridgehead atoms. The van der Waals surface area contributed by atoms with Crippen molar-refractivity contribution < 1.29 is 23.0 Å². The summed E-state index contributed by atoms with van der Waals surface area (Å²) in [4.78, 5) is 14.5.